The molecule has 0 aromatic rings. The van der Waals surface area contributed by atoms with Crippen molar-refractivity contribution in [1.82, 2.24) is 0 Å². The topological polar surface area (TPSA) is 0 Å². The molecule has 0 nitrogen and oxygen atoms in total. The Balaban J connectivity index is 0. The van der Waals surface area contributed by atoms with Crippen LogP contribution in [0.3, 0.4) is 0 Å². The first-order valence-electron chi connectivity index (χ1n) is 7.77. The van der Waals surface area contributed by atoms with Gasteiger partial charge in [0.25, 0.3) is 0 Å². The molecule has 110 valence electrons. The molecule has 0 unspecified atom stereocenters. The van der Waals surface area contributed by atoms with Gasteiger partial charge in [0.15, 0.2) is 0 Å². The Bertz CT molecular complexity index is 178. The van der Waals surface area contributed by atoms with E-state index in [1.54, 1.807) is 0 Å². The summed E-state index contributed by atoms with van der Waals surface area (Å²) in [5.41, 5.74) is 0. The summed E-state index contributed by atoms with van der Waals surface area (Å²) >= 11 is 0. The molecule has 0 rings (SSSR count). The maximum Gasteiger partial charge on any atom is -0.0353 e. The second-order valence-corrected chi connectivity index (χ2v) is 4.78. The van der Waals surface area contributed by atoms with Crippen LogP contribution in [0.2, 0.25) is 0 Å². The van der Waals surface area contributed by atoms with E-state index in [2.05, 4.69) is 26.3 Å². The fourth-order valence-electron chi connectivity index (χ4n) is 1.69. The highest BCUT2D eigenvalue weighted by Crippen LogP contribution is 2.05. The second kappa shape index (κ2) is 22.2. The molecule has 0 N–H and O–H groups in total. The summed E-state index contributed by atoms with van der Waals surface area (Å²) < 4.78 is 0. The predicted octanol–water partition coefficient (Wildman–Crippen LogP) is 7.01. The van der Waals surface area contributed by atoms with E-state index in [-0.39, 0.29) is 0 Å². The molecule has 0 amide bonds. The Morgan fingerprint density at radius 3 is 0.789 bits per heavy atom. The molecule has 0 heterocycles. The zero-order chi connectivity index (χ0) is 14.6. The van der Waals surface area contributed by atoms with Gasteiger partial charge < -0.3 is 0 Å². The zero-order valence-electron chi connectivity index (χ0n) is 12.9. The van der Waals surface area contributed by atoms with Gasteiger partial charge in [-0.1, -0.05) is 43.6 Å². The van der Waals surface area contributed by atoms with Crippen molar-refractivity contribution in [2.24, 2.45) is 0 Å². The van der Waals surface area contributed by atoms with E-state index in [9.17, 15) is 0 Å². The molecule has 0 aromatic heterocycles. The number of hydrogen-bond donors (Lipinski definition) is 0. The van der Waals surface area contributed by atoms with E-state index < -0.39 is 0 Å². The molecule has 0 heteroatoms. The molecule has 0 saturated heterocycles. The van der Waals surface area contributed by atoms with Crippen LogP contribution >= 0.6 is 0 Å². The average molecular weight is 262 g/mol. The highest BCUT2D eigenvalue weighted by molar-refractivity contribution is 4.69. The lowest BCUT2D eigenvalue weighted by atomic mass is 10.1. The third-order valence-electron chi connectivity index (χ3n) is 2.88. The maximum atomic E-state index is 3.68. The van der Waals surface area contributed by atoms with E-state index in [0.29, 0.717) is 0 Å². The second-order valence-electron chi connectivity index (χ2n) is 4.78. The fourth-order valence-corrected chi connectivity index (χ4v) is 1.69. The van der Waals surface area contributed by atoms with Crippen LogP contribution in [0.4, 0.5) is 0 Å². The molecule has 0 aromatic carbocycles. The van der Waals surface area contributed by atoms with Gasteiger partial charge in [0.2, 0.25) is 0 Å². The van der Waals surface area contributed by atoms with Crippen molar-refractivity contribution in [3.63, 3.8) is 0 Å². The van der Waals surface area contributed by atoms with Gasteiger partial charge >= 0.3 is 0 Å². The summed E-state index contributed by atoms with van der Waals surface area (Å²) in [5.74, 6) is 0. The molecular weight excluding hydrogens is 228 g/mol. The van der Waals surface area contributed by atoms with E-state index in [1.807, 2.05) is 24.3 Å². The van der Waals surface area contributed by atoms with Crippen molar-refractivity contribution >= 4 is 0 Å². The van der Waals surface area contributed by atoms with E-state index in [1.165, 1.54) is 57.8 Å². The lowest BCUT2D eigenvalue weighted by Crippen LogP contribution is -1.75. The average Bonchev–Trinajstić information content (AvgIpc) is 2.43. The summed E-state index contributed by atoms with van der Waals surface area (Å²) in [7, 11) is 0. The van der Waals surface area contributed by atoms with Crippen molar-refractivity contribution in [3.8, 4) is 0 Å². The van der Waals surface area contributed by atoms with Crippen LogP contribution in [0.15, 0.2) is 50.6 Å². The summed E-state index contributed by atoms with van der Waals surface area (Å²) in [5, 5.41) is 0. The summed E-state index contributed by atoms with van der Waals surface area (Å²) in [6.45, 7) is 14.7. The Morgan fingerprint density at radius 1 is 0.368 bits per heavy atom. The Morgan fingerprint density at radius 2 is 0.579 bits per heavy atom. The molecule has 0 saturated carbocycles. The van der Waals surface area contributed by atoms with Crippen LogP contribution in [0.1, 0.15) is 70.6 Å². The third kappa shape index (κ3) is 26.5. The number of rotatable bonds is 13. The SMILES string of the molecule is C=CCCCCCC=C.C=CCCCCCCC=C. The first-order chi connectivity index (χ1) is 9.33. The molecule has 0 radical (unpaired) electrons. The molecule has 0 aliphatic carbocycles. The number of allylic oxidation sites excluding steroid dienone is 4. The standard InChI is InChI=1S/C10H18.C9H16/c1-3-5-7-9-10-8-6-4-2;1-3-5-7-9-8-6-4-2/h3-4H,1-2,5-10H2;3-4H,1-2,5-9H2. The predicted molar refractivity (Wildman–Crippen MR) is 91.6 cm³/mol. The van der Waals surface area contributed by atoms with Crippen LogP contribution in [0.25, 0.3) is 0 Å². The molecular formula is C19H34. The number of unbranched alkanes of at least 4 members (excludes halogenated alkanes) is 9. The van der Waals surface area contributed by atoms with Gasteiger partial charge in [-0.3, -0.25) is 0 Å². The molecule has 0 aliphatic rings. The minimum atomic E-state index is 1.16. The van der Waals surface area contributed by atoms with Crippen LogP contribution in [0, 0.1) is 0 Å². The van der Waals surface area contributed by atoms with E-state index in [0.717, 1.165) is 12.8 Å². The van der Waals surface area contributed by atoms with E-state index in [4.69, 9.17) is 0 Å². The first kappa shape index (κ1) is 20.3. The quantitative estimate of drug-likeness (QED) is 0.247. The van der Waals surface area contributed by atoms with Crippen molar-refractivity contribution < 1.29 is 0 Å². The summed E-state index contributed by atoms with van der Waals surface area (Å²) in [6.07, 6.45) is 21.8. The highest BCUT2D eigenvalue weighted by atomic mass is 13.9. The first-order valence-corrected chi connectivity index (χ1v) is 7.77. The van der Waals surface area contributed by atoms with Gasteiger partial charge in [0.05, 0.1) is 0 Å². The molecule has 0 atom stereocenters. The van der Waals surface area contributed by atoms with Gasteiger partial charge in [0.1, 0.15) is 0 Å². The van der Waals surface area contributed by atoms with Gasteiger partial charge in [-0.05, 0) is 51.4 Å². The summed E-state index contributed by atoms with van der Waals surface area (Å²) in [6, 6.07) is 0. The molecule has 19 heavy (non-hydrogen) atoms. The van der Waals surface area contributed by atoms with Gasteiger partial charge in [-0.15, -0.1) is 26.3 Å². The number of hydrogen-bond acceptors (Lipinski definition) is 0. The van der Waals surface area contributed by atoms with Crippen LogP contribution < -0.4 is 0 Å². The van der Waals surface area contributed by atoms with Crippen LogP contribution in [-0.2, 0) is 0 Å². The van der Waals surface area contributed by atoms with Crippen LogP contribution in [0.5, 0.6) is 0 Å². The smallest absolute Gasteiger partial charge is 0.0353 e. The monoisotopic (exact) mass is 262 g/mol. The molecule has 0 aliphatic heterocycles. The zero-order valence-corrected chi connectivity index (χ0v) is 12.9. The normalized spacial score (nSPS) is 9.05. The molecule has 0 bridgehead atoms. The minimum absolute atomic E-state index is 1.16. The highest BCUT2D eigenvalue weighted by Gasteiger charge is 1.85. The minimum Gasteiger partial charge on any atom is -0.103 e. The fraction of sp³-hybridized carbons (Fsp3) is 0.579. The Hall–Kier alpha value is -1.04. The third-order valence-corrected chi connectivity index (χ3v) is 2.88. The Kier molecular flexibility index (Phi) is 23.7. The van der Waals surface area contributed by atoms with Gasteiger partial charge in [-0.25, -0.2) is 0 Å². The largest absolute Gasteiger partial charge is 0.103 e. The van der Waals surface area contributed by atoms with Crippen molar-refractivity contribution in [2.45, 2.75) is 70.6 Å². The molecule has 0 spiro atoms. The lowest BCUT2D eigenvalue weighted by molar-refractivity contribution is 0.653. The van der Waals surface area contributed by atoms with Crippen molar-refractivity contribution in [3.05, 3.63) is 50.6 Å². The van der Waals surface area contributed by atoms with Crippen molar-refractivity contribution in [2.75, 3.05) is 0 Å². The Labute approximate surface area is 122 Å². The van der Waals surface area contributed by atoms with E-state index >= 15 is 0 Å². The van der Waals surface area contributed by atoms with Gasteiger partial charge in [0, 0.05) is 0 Å². The summed E-state index contributed by atoms with van der Waals surface area (Å²) in [4.78, 5) is 0. The van der Waals surface area contributed by atoms with Gasteiger partial charge in [-0.2, -0.15) is 0 Å². The van der Waals surface area contributed by atoms with Crippen molar-refractivity contribution in [1.29, 1.82) is 0 Å². The lowest BCUT2D eigenvalue weighted by Gasteiger charge is -1.95. The maximum absolute atomic E-state index is 3.68. The molecule has 0 fully saturated rings. The van der Waals surface area contributed by atoms with Crippen LogP contribution in [-0.4, -0.2) is 0 Å².